The topological polar surface area (TPSA) is 29.5 Å². The van der Waals surface area contributed by atoms with Crippen molar-refractivity contribution < 1.29 is 9.53 Å². The van der Waals surface area contributed by atoms with Gasteiger partial charge in [0.2, 0.25) is 0 Å². The summed E-state index contributed by atoms with van der Waals surface area (Å²) in [6.45, 7) is 4.74. The molecule has 3 nitrogen and oxygen atoms in total. The zero-order valence-corrected chi connectivity index (χ0v) is 11.5. The van der Waals surface area contributed by atoms with Crippen LogP contribution in [0.1, 0.15) is 31.7 Å². The van der Waals surface area contributed by atoms with Crippen molar-refractivity contribution in [3.8, 4) is 5.75 Å². The number of carbonyl (C=O) groups is 1. The average molecular weight is 270 g/mol. The van der Waals surface area contributed by atoms with E-state index in [1.165, 1.54) is 44.8 Å². The van der Waals surface area contributed by atoms with Gasteiger partial charge in [-0.2, -0.15) is 0 Å². The summed E-state index contributed by atoms with van der Waals surface area (Å²) in [7, 11) is 0. The van der Waals surface area contributed by atoms with Crippen LogP contribution in [-0.2, 0) is 11.3 Å². The quantitative estimate of drug-likeness (QED) is 0.624. The van der Waals surface area contributed by atoms with Gasteiger partial charge in [-0.05, 0) is 43.6 Å². The Hall–Kier alpha value is -1.06. The molecule has 1 aliphatic heterocycles. The molecule has 1 heterocycles. The Morgan fingerprint density at radius 1 is 1.28 bits per heavy atom. The van der Waals surface area contributed by atoms with E-state index in [1.807, 2.05) is 18.2 Å². The van der Waals surface area contributed by atoms with Crippen LogP contribution in [0.4, 0.5) is 0 Å². The van der Waals surface area contributed by atoms with E-state index >= 15 is 0 Å². The van der Waals surface area contributed by atoms with Crippen molar-refractivity contribution in [2.45, 2.75) is 32.7 Å². The largest absolute Gasteiger partial charge is 0.427 e. The summed E-state index contributed by atoms with van der Waals surface area (Å²) in [5, 5.41) is 0. The maximum atomic E-state index is 10.9. The first-order valence-electron chi connectivity index (χ1n) is 6.24. The van der Waals surface area contributed by atoms with Gasteiger partial charge >= 0.3 is 5.97 Å². The molecule has 0 aromatic heterocycles. The highest BCUT2D eigenvalue weighted by atomic mass is 35.5. The van der Waals surface area contributed by atoms with Gasteiger partial charge in [0.05, 0.1) is 0 Å². The van der Waals surface area contributed by atoms with E-state index in [0.29, 0.717) is 5.75 Å². The summed E-state index contributed by atoms with van der Waals surface area (Å²) in [6.07, 6.45) is 3.94. The Morgan fingerprint density at radius 2 is 2.00 bits per heavy atom. The average Bonchev–Trinajstić information content (AvgIpc) is 2.30. The minimum Gasteiger partial charge on any atom is -0.427 e. The molecule has 0 saturated carbocycles. The van der Waals surface area contributed by atoms with Crippen LogP contribution in [0.15, 0.2) is 24.3 Å². The second-order valence-corrected chi connectivity index (χ2v) is 4.58. The van der Waals surface area contributed by atoms with Gasteiger partial charge in [0.1, 0.15) is 5.75 Å². The van der Waals surface area contributed by atoms with Crippen molar-refractivity contribution in [3.63, 3.8) is 0 Å². The third-order valence-electron chi connectivity index (χ3n) is 3.01. The van der Waals surface area contributed by atoms with E-state index in [2.05, 4.69) is 11.0 Å². The van der Waals surface area contributed by atoms with Crippen LogP contribution in [0.3, 0.4) is 0 Å². The van der Waals surface area contributed by atoms with Crippen molar-refractivity contribution in [3.05, 3.63) is 29.8 Å². The lowest BCUT2D eigenvalue weighted by Gasteiger charge is -2.26. The van der Waals surface area contributed by atoms with Crippen LogP contribution >= 0.6 is 12.4 Å². The van der Waals surface area contributed by atoms with Crippen LogP contribution in [-0.4, -0.2) is 24.0 Å². The molecule has 1 aromatic rings. The monoisotopic (exact) mass is 269 g/mol. The molecule has 1 fully saturated rings. The Kier molecular flexibility index (Phi) is 6.16. The van der Waals surface area contributed by atoms with E-state index in [0.717, 1.165) is 6.54 Å². The Labute approximate surface area is 115 Å². The summed E-state index contributed by atoms with van der Waals surface area (Å²) in [5.41, 5.74) is 1.21. The molecule has 0 atom stereocenters. The molecule has 0 unspecified atom stereocenters. The summed E-state index contributed by atoms with van der Waals surface area (Å²) >= 11 is 0. The Balaban J connectivity index is 0.00000162. The predicted molar refractivity (Wildman–Crippen MR) is 74.1 cm³/mol. The Bertz CT molecular complexity index is 389. The number of piperidine rings is 1. The van der Waals surface area contributed by atoms with E-state index in [1.54, 1.807) is 0 Å². The van der Waals surface area contributed by atoms with Crippen LogP contribution in [0.25, 0.3) is 0 Å². The first-order chi connectivity index (χ1) is 8.24. The summed E-state index contributed by atoms with van der Waals surface area (Å²) in [6, 6.07) is 7.80. The van der Waals surface area contributed by atoms with Gasteiger partial charge in [-0.25, -0.2) is 0 Å². The van der Waals surface area contributed by atoms with Crippen LogP contribution in [0, 0.1) is 0 Å². The van der Waals surface area contributed by atoms with Crippen molar-refractivity contribution >= 4 is 18.4 Å². The van der Waals surface area contributed by atoms with Gasteiger partial charge in [0.25, 0.3) is 0 Å². The molecule has 2 rings (SSSR count). The van der Waals surface area contributed by atoms with Gasteiger partial charge < -0.3 is 4.74 Å². The maximum Gasteiger partial charge on any atom is 0.308 e. The van der Waals surface area contributed by atoms with Gasteiger partial charge in [0.15, 0.2) is 0 Å². The molecular weight excluding hydrogens is 250 g/mol. The van der Waals surface area contributed by atoms with E-state index in [4.69, 9.17) is 4.74 Å². The predicted octanol–water partition coefficient (Wildman–Crippen LogP) is 3.02. The van der Waals surface area contributed by atoms with Gasteiger partial charge in [0, 0.05) is 13.5 Å². The second kappa shape index (κ2) is 7.39. The molecule has 0 bridgehead atoms. The summed E-state index contributed by atoms with van der Waals surface area (Å²) in [5.74, 6) is 0.382. The first-order valence-corrected chi connectivity index (χ1v) is 6.24. The number of rotatable bonds is 3. The van der Waals surface area contributed by atoms with Crippen molar-refractivity contribution in [2.24, 2.45) is 0 Å². The molecule has 0 spiro atoms. The molecule has 4 heteroatoms. The number of hydrogen-bond donors (Lipinski definition) is 0. The lowest BCUT2D eigenvalue weighted by molar-refractivity contribution is -0.131. The van der Waals surface area contributed by atoms with Crippen molar-refractivity contribution in [2.75, 3.05) is 13.1 Å². The fraction of sp³-hybridized carbons (Fsp3) is 0.500. The molecule has 0 amide bonds. The normalized spacial score (nSPS) is 15.8. The highest BCUT2D eigenvalue weighted by molar-refractivity contribution is 5.85. The lowest BCUT2D eigenvalue weighted by atomic mass is 10.1. The number of nitrogens with zero attached hydrogens (tertiary/aromatic N) is 1. The van der Waals surface area contributed by atoms with E-state index < -0.39 is 0 Å². The number of hydrogen-bond acceptors (Lipinski definition) is 3. The number of likely N-dealkylation sites (tertiary alicyclic amines) is 1. The highest BCUT2D eigenvalue weighted by Gasteiger charge is 2.10. The molecule has 18 heavy (non-hydrogen) atoms. The highest BCUT2D eigenvalue weighted by Crippen LogP contribution is 2.17. The summed E-state index contributed by atoms with van der Waals surface area (Å²) < 4.78 is 5.09. The van der Waals surface area contributed by atoms with Crippen molar-refractivity contribution in [1.29, 1.82) is 0 Å². The fourth-order valence-electron chi connectivity index (χ4n) is 2.25. The standard InChI is InChI=1S/C14H19NO2.ClH/c1-12(16)17-14-7-5-6-13(10-14)11-15-8-3-2-4-9-15;/h5-7,10H,2-4,8-9,11H2,1H3;1H. The number of esters is 1. The van der Waals surface area contributed by atoms with E-state index in [9.17, 15) is 4.79 Å². The molecular formula is C14H20ClNO2. The Morgan fingerprint density at radius 3 is 2.67 bits per heavy atom. The molecule has 1 aromatic carbocycles. The zero-order valence-electron chi connectivity index (χ0n) is 10.7. The molecule has 0 N–H and O–H groups in total. The molecule has 0 aliphatic carbocycles. The second-order valence-electron chi connectivity index (χ2n) is 4.58. The minimum atomic E-state index is -0.264. The number of ether oxygens (including phenoxy) is 1. The number of carbonyl (C=O) groups excluding carboxylic acids is 1. The molecule has 100 valence electrons. The van der Waals surface area contributed by atoms with Crippen LogP contribution < -0.4 is 4.74 Å². The van der Waals surface area contributed by atoms with Gasteiger partial charge in [-0.15, -0.1) is 12.4 Å². The third-order valence-corrected chi connectivity index (χ3v) is 3.01. The SMILES string of the molecule is CC(=O)Oc1cccc(CN2CCCCC2)c1.Cl. The van der Waals surface area contributed by atoms with Gasteiger partial charge in [-0.1, -0.05) is 18.6 Å². The van der Waals surface area contributed by atoms with Gasteiger partial charge in [-0.3, -0.25) is 9.69 Å². The maximum absolute atomic E-state index is 10.9. The lowest BCUT2D eigenvalue weighted by Crippen LogP contribution is -2.29. The van der Waals surface area contributed by atoms with Crippen LogP contribution in [0.2, 0.25) is 0 Å². The number of benzene rings is 1. The third kappa shape index (κ3) is 4.67. The minimum absolute atomic E-state index is 0. The first kappa shape index (κ1) is 15.0. The smallest absolute Gasteiger partial charge is 0.308 e. The van der Waals surface area contributed by atoms with Crippen LogP contribution in [0.5, 0.6) is 5.75 Å². The molecule has 0 radical (unpaired) electrons. The molecule has 1 saturated heterocycles. The van der Waals surface area contributed by atoms with Crippen molar-refractivity contribution in [1.82, 2.24) is 4.90 Å². The zero-order chi connectivity index (χ0) is 12.1. The summed E-state index contributed by atoms with van der Waals surface area (Å²) in [4.78, 5) is 13.3. The molecule has 1 aliphatic rings. The van der Waals surface area contributed by atoms with E-state index in [-0.39, 0.29) is 18.4 Å². The fourth-order valence-corrected chi connectivity index (χ4v) is 2.25. The number of halogens is 1.